The first-order valence-corrected chi connectivity index (χ1v) is 5.46. The molecule has 2 heteroatoms. The molecule has 1 rings (SSSR count). The Kier molecular flexibility index (Phi) is 3.25. The molecule has 0 aliphatic carbocycles. The standard InChI is InChI=1S/C12H22O2/c1-8(2)10-11(9(3)4)14-7-6-12(10,5)13/h8-9,13H,6-7H2,1-5H3. The first-order valence-electron chi connectivity index (χ1n) is 5.46. The highest BCUT2D eigenvalue weighted by atomic mass is 16.5. The third-order valence-corrected chi connectivity index (χ3v) is 2.79. The molecule has 0 fully saturated rings. The van der Waals surface area contributed by atoms with E-state index >= 15 is 0 Å². The van der Waals surface area contributed by atoms with E-state index in [0.717, 1.165) is 11.3 Å². The largest absolute Gasteiger partial charge is 0.497 e. The fourth-order valence-electron chi connectivity index (χ4n) is 2.22. The van der Waals surface area contributed by atoms with Crippen LogP contribution < -0.4 is 0 Å². The summed E-state index contributed by atoms with van der Waals surface area (Å²) in [6, 6.07) is 0. The molecule has 0 aromatic heterocycles. The summed E-state index contributed by atoms with van der Waals surface area (Å²) in [5, 5.41) is 10.3. The quantitative estimate of drug-likeness (QED) is 0.739. The SMILES string of the molecule is CC(C)C1=C(C(C)C)C(C)(O)CCO1. The predicted octanol–water partition coefficient (Wildman–Crippen LogP) is 2.72. The van der Waals surface area contributed by atoms with Gasteiger partial charge in [-0.25, -0.2) is 0 Å². The molecule has 0 saturated carbocycles. The lowest BCUT2D eigenvalue weighted by molar-refractivity contribution is 0.0130. The van der Waals surface area contributed by atoms with Crippen LogP contribution in [0, 0.1) is 11.8 Å². The number of ether oxygens (including phenoxy) is 1. The molecule has 2 nitrogen and oxygen atoms in total. The van der Waals surface area contributed by atoms with Crippen LogP contribution in [-0.4, -0.2) is 17.3 Å². The smallest absolute Gasteiger partial charge is 0.101 e. The topological polar surface area (TPSA) is 29.5 Å². The predicted molar refractivity (Wildman–Crippen MR) is 57.9 cm³/mol. The van der Waals surface area contributed by atoms with Gasteiger partial charge in [0.25, 0.3) is 0 Å². The lowest BCUT2D eigenvalue weighted by Gasteiger charge is -2.37. The molecular weight excluding hydrogens is 176 g/mol. The van der Waals surface area contributed by atoms with Crippen molar-refractivity contribution in [1.29, 1.82) is 0 Å². The molecule has 1 atom stereocenters. The molecule has 1 N–H and O–H groups in total. The van der Waals surface area contributed by atoms with E-state index < -0.39 is 5.60 Å². The Balaban J connectivity index is 3.13. The van der Waals surface area contributed by atoms with Crippen LogP contribution in [0.25, 0.3) is 0 Å². The van der Waals surface area contributed by atoms with Gasteiger partial charge < -0.3 is 9.84 Å². The van der Waals surface area contributed by atoms with Gasteiger partial charge in [-0.2, -0.15) is 0 Å². The summed E-state index contributed by atoms with van der Waals surface area (Å²) in [6.07, 6.45) is 0.705. The maximum Gasteiger partial charge on any atom is 0.101 e. The Morgan fingerprint density at radius 2 is 1.79 bits per heavy atom. The highest BCUT2D eigenvalue weighted by Crippen LogP contribution is 2.36. The summed E-state index contributed by atoms with van der Waals surface area (Å²) in [6.45, 7) is 11.0. The molecular formula is C12H22O2. The maximum absolute atomic E-state index is 10.3. The zero-order valence-electron chi connectivity index (χ0n) is 9.92. The number of hydrogen-bond acceptors (Lipinski definition) is 2. The highest BCUT2D eigenvalue weighted by molar-refractivity contribution is 5.24. The van der Waals surface area contributed by atoms with E-state index in [1.807, 2.05) is 6.92 Å². The van der Waals surface area contributed by atoms with Crippen molar-refractivity contribution < 1.29 is 9.84 Å². The summed E-state index contributed by atoms with van der Waals surface area (Å²) < 4.78 is 5.67. The van der Waals surface area contributed by atoms with Gasteiger partial charge in [0.15, 0.2) is 0 Å². The van der Waals surface area contributed by atoms with E-state index in [1.165, 1.54) is 0 Å². The number of hydrogen-bond donors (Lipinski definition) is 1. The summed E-state index contributed by atoms with van der Waals surface area (Å²) >= 11 is 0. The van der Waals surface area contributed by atoms with E-state index in [1.54, 1.807) is 0 Å². The second-order valence-electron chi connectivity index (χ2n) is 4.96. The van der Waals surface area contributed by atoms with Gasteiger partial charge in [0.2, 0.25) is 0 Å². The molecule has 1 aliphatic rings. The molecule has 14 heavy (non-hydrogen) atoms. The number of rotatable bonds is 2. The van der Waals surface area contributed by atoms with Crippen molar-refractivity contribution in [2.24, 2.45) is 11.8 Å². The van der Waals surface area contributed by atoms with Crippen molar-refractivity contribution in [1.82, 2.24) is 0 Å². The average molecular weight is 198 g/mol. The molecule has 0 aromatic rings. The van der Waals surface area contributed by atoms with Crippen LogP contribution in [0.2, 0.25) is 0 Å². The molecule has 0 radical (unpaired) electrons. The van der Waals surface area contributed by atoms with Crippen molar-refractivity contribution in [2.75, 3.05) is 6.61 Å². The van der Waals surface area contributed by atoms with Gasteiger partial charge in [0.1, 0.15) is 5.76 Å². The maximum atomic E-state index is 10.3. The van der Waals surface area contributed by atoms with Crippen molar-refractivity contribution >= 4 is 0 Å². The number of allylic oxidation sites excluding steroid dienone is 1. The van der Waals surface area contributed by atoms with E-state index in [-0.39, 0.29) is 0 Å². The highest BCUT2D eigenvalue weighted by Gasteiger charge is 2.35. The molecule has 1 unspecified atom stereocenters. The minimum atomic E-state index is -0.675. The van der Waals surface area contributed by atoms with Gasteiger partial charge in [-0.3, -0.25) is 0 Å². The second-order valence-corrected chi connectivity index (χ2v) is 4.96. The van der Waals surface area contributed by atoms with Crippen molar-refractivity contribution in [2.45, 2.75) is 46.6 Å². The molecule has 0 spiro atoms. The second kappa shape index (κ2) is 3.93. The molecule has 0 bridgehead atoms. The zero-order valence-corrected chi connectivity index (χ0v) is 9.92. The van der Waals surface area contributed by atoms with Gasteiger partial charge >= 0.3 is 0 Å². The number of aliphatic hydroxyl groups is 1. The lowest BCUT2D eigenvalue weighted by atomic mass is 9.81. The van der Waals surface area contributed by atoms with Crippen LogP contribution in [0.1, 0.15) is 41.0 Å². The summed E-state index contributed by atoms with van der Waals surface area (Å²) in [5.41, 5.74) is 0.408. The van der Waals surface area contributed by atoms with Crippen LogP contribution in [-0.2, 0) is 4.74 Å². The fourth-order valence-corrected chi connectivity index (χ4v) is 2.22. The van der Waals surface area contributed by atoms with Gasteiger partial charge in [0.05, 0.1) is 12.2 Å². The van der Waals surface area contributed by atoms with Gasteiger partial charge in [-0.15, -0.1) is 0 Å². The Morgan fingerprint density at radius 1 is 1.21 bits per heavy atom. The van der Waals surface area contributed by atoms with Crippen LogP contribution in [0.4, 0.5) is 0 Å². The summed E-state index contributed by atoms with van der Waals surface area (Å²) in [7, 11) is 0. The molecule has 1 aliphatic heterocycles. The Hall–Kier alpha value is -0.500. The van der Waals surface area contributed by atoms with Crippen molar-refractivity contribution in [3.05, 3.63) is 11.3 Å². The molecule has 0 amide bonds. The minimum absolute atomic E-state index is 0.350. The molecule has 0 aromatic carbocycles. The normalized spacial score (nSPS) is 28.6. The van der Waals surface area contributed by atoms with Gasteiger partial charge in [-0.05, 0) is 12.8 Å². The minimum Gasteiger partial charge on any atom is -0.497 e. The Bertz CT molecular complexity index is 237. The van der Waals surface area contributed by atoms with E-state index in [2.05, 4.69) is 27.7 Å². The van der Waals surface area contributed by atoms with Crippen LogP contribution >= 0.6 is 0 Å². The van der Waals surface area contributed by atoms with E-state index in [4.69, 9.17) is 4.74 Å². The van der Waals surface area contributed by atoms with Gasteiger partial charge in [0, 0.05) is 17.9 Å². The van der Waals surface area contributed by atoms with Crippen LogP contribution in [0.5, 0.6) is 0 Å². The first kappa shape index (κ1) is 11.6. The van der Waals surface area contributed by atoms with Crippen LogP contribution in [0.15, 0.2) is 11.3 Å². The molecule has 0 saturated heterocycles. The Morgan fingerprint density at radius 3 is 2.14 bits per heavy atom. The van der Waals surface area contributed by atoms with E-state index in [9.17, 15) is 5.11 Å². The third kappa shape index (κ3) is 2.11. The summed E-state index contributed by atoms with van der Waals surface area (Å²) in [5.74, 6) is 1.71. The fraction of sp³-hybridized carbons (Fsp3) is 0.833. The summed E-state index contributed by atoms with van der Waals surface area (Å²) in [4.78, 5) is 0. The third-order valence-electron chi connectivity index (χ3n) is 2.79. The Labute approximate surface area is 87.0 Å². The monoisotopic (exact) mass is 198 g/mol. The lowest BCUT2D eigenvalue weighted by Crippen LogP contribution is -2.37. The van der Waals surface area contributed by atoms with Crippen molar-refractivity contribution in [3.8, 4) is 0 Å². The first-order chi connectivity index (χ1) is 6.36. The zero-order chi connectivity index (χ0) is 10.9. The van der Waals surface area contributed by atoms with Gasteiger partial charge in [-0.1, -0.05) is 27.7 Å². The molecule has 82 valence electrons. The van der Waals surface area contributed by atoms with E-state index in [0.29, 0.717) is 24.9 Å². The average Bonchev–Trinajstić information content (AvgIpc) is 2.00. The van der Waals surface area contributed by atoms with Crippen LogP contribution in [0.3, 0.4) is 0 Å². The molecule has 1 heterocycles. The van der Waals surface area contributed by atoms with Crippen molar-refractivity contribution in [3.63, 3.8) is 0 Å².